The van der Waals surface area contributed by atoms with Crippen molar-refractivity contribution in [3.63, 3.8) is 0 Å². The second kappa shape index (κ2) is 4.41. The molecule has 1 aliphatic rings. The summed E-state index contributed by atoms with van der Waals surface area (Å²) >= 11 is 0. The molecule has 0 radical (unpaired) electrons. The summed E-state index contributed by atoms with van der Waals surface area (Å²) in [5, 5.41) is 0. The summed E-state index contributed by atoms with van der Waals surface area (Å²) in [6.45, 7) is 8.48. The third kappa shape index (κ3) is 1.84. The molecule has 82 valence electrons. The van der Waals surface area contributed by atoms with Gasteiger partial charge in [0.15, 0.2) is 0 Å². The maximum absolute atomic E-state index is 12.6. The Hall–Kier alpha value is -0.410. The molecule has 0 N–H and O–H groups in total. The number of hydrogen-bond donors (Lipinski definition) is 0. The molecule has 3 atom stereocenters. The van der Waals surface area contributed by atoms with Gasteiger partial charge in [-0.25, -0.2) is 4.39 Å². The zero-order chi connectivity index (χ0) is 10.8. The van der Waals surface area contributed by atoms with E-state index in [0.717, 1.165) is 0 Å². The van der Waals surface area contributed by atoms with Crippen LogP contribution in [0.1, 0.15) is 13.8 Å². The van der Waals surface area contributed by atoms with E-state index in [1.54, 1.807) is 7.11 Å². The van der Waals surface area contributed by atoms with E-state index in [4.69, 9.17) is 9.47 Å². The van der Waals surface area contributed by atoms with E-state index in [0.29, 0.717) is 18.8 Å². The Labute approximate surface area is 85.1 Å². The predicted molar refractivity (Wildman–Crippen MR) is 54.0 cm³/mol. The normalized spacial score (nSPS) is 38.3. The van der Waals surface area contributed by atoms with Crippen LogP contribution in [0.2, 0.25) is 0 Å². The first-order valence-corrected chi connectivity index (χ1v) is 4.91. The smallest absolute Gasteiger partial charge is 0.111 e. The molecule has 1 fully saturated rings. The standard InChI is InChI=1S/C11H19FO2/c1-8(5-12)11(3)7-14-6-10(13-4)9(11)2/h9-10H,1,5-7H2,2-4H3. The molecule has 1 saturated heterocycles. The monoisotopic (exact) mass is 202 g/mol. The minimum absolute atomic E-state index is 0.0389. The SMILES string of the molecule is C=C(CF)C1(C)COCC(OC)C1C. The van der Waals surface area contributed by atoms with Crippen LogP contribution in [0.5, 0.6) is 0 Å². The van der Waals surface area contributed by atoms with Gasteiger partial charge in [-0.15, -0.1) is 0 Å². The molecule has 1 aliphatic heterocycles. The lowest BCUT2D eigenvalue weighted by Gasteiger charge is -2.44. The van der Waals surface area contributed by atoms with Crippen LogP contribution in [0.3, 0.4) is 0 Å². The second-order valence-electron chi connectivity index (χ2n) is 4.23. The molecule has 0 amide bonds. The lowest BCUT2D eigenvalue weighted by atomic mass is 9.70. The van der Waals surface area contributed by atoms with E-state index in [1.807, 2.05) is 6.92 Å². The summed E-state index contributed by atoms with van der Waals surface area (Å²) in [5.41, 5.74) is 0.306. The number of ether oxygens (including phenoxy) is 2. The van der Waals surface area contributed by atoms with E-state index >= 15 is 0 Å². The van der Waals surface area contributed by atoms with Crippen LogP contribution in [0.25, 0.3) is 0 Å². The van der Waals surface area contributed by atoms with Gasteiger partial charge in [-0.2, -0.15) is 0 Å². The molecule has 0 bridgehead atoms. The van der Waals surface area contributed by atoms with Gasteiger partial charge >= 0.3 is 0 Å². The van der Waals surface area contributed by atoms with E-state index < -0.39 is 6.67 Å². The Morgan fingerprint density at radius 2 is 2.36 bits per heavy atom. The van der Waals surface area contributed by atoms with Gasteiger partial charge in [0.05, 0.1) is 19.3 Å². The van der Waals surface area contributed by atoms with Crippen molar-refractivity contribution in [1.82, 2.24) is 0 Å². The summed E-state index contributed by atoms with van der Waals surface area (Å²) in [5.74, 6) is 0.240. The maximum atomic E-state index is 12.6. The van der Waals surface area contributed by atoms with Crippen LogP contribution in [0.4, 0.5) is 4.39 Å². The Morgan fingerprint density at radius 3 is 2.86 bits per heavy atom. The molecular formula is C11H19FO2. The van der Waals surface area contributed by atoms with Crippen LogP contribution in [0, 0.1) is 11.3 Å². The highest BCUT2D eigenvalue weighted by atomic mass is 19.1. The molecule has 0 aliphatic carbocycles. The van der Waals surface area contributed by atoms with E-state index in [-0.39, 0.29) is 17.4 Å². The predicted octanol–water partition coefficient (Wildman–Crippen LogP) is 2.20. The Balaban J connectivity index is 2.81. The fourth-order valence-corrected chi connectivity index (χ4v) is 1.92. The number of rotatable bonds is 3. The van der Waals surface area contributed by atoms with Crippen molar-refractivity contribution in [3.8, 4) is 0 Å². The lowest BCUT2D eigenvalue weighted by molar-refractivity contribution is -0.116. The van der Waals surface area contributed by atoms with Crippen LogP contribution < -0.4 is 0 Å². The minimum atomic E-state index is -0.485. The molecular weight excluding hydrogens is 183 g/mol. The van der Waals surface area contributed by atoms with Gasteiger partial charge in [-0.3, -0.25) is 0 Å². The Bertz CT molecular complexity index is 217. The van der Waals surface area contributed by atoms with Crippen molar-refractivity contribution in [2.45, 2.75) is 20.0 Å². The molecule has 0 saturated carbocycles. The highest BCUT2D eigenvalue weighted by Crippen LogP contribution is 2.40. The van der Waals surface area contributed by atoms with E-state index in [9.17, 15) is 4.39 Å². The van der Waals surface area contributed by atoms with Crippen molar-refractivity contribution < 1.29 is 13.9 Å². The van der Waals surface area contributed by atoms with Crippen molar-refractivity contribution >= 4 is 0 Å². The molecule has 3 unspecified atom stereocenters. The first kappa shape index (κ1) is 11.7. The van der Waals surface area contributed by atoms with E-state index in [2.05, 4.69) is 13.5 Å². The topological polar surface area (TPSA) is 18.5 Å². The van der Waals surface area contributed by atoms with Crippen LogP contribution in [-0.2, 0) is 9.47 Å². The molecule has 0 spiro atoms. The molecule has 0 aromatic rings. The van der Waals surface area contributed by atoms with Crippen molar-refractivity contribution in [2.24, 2.45) is 11.3 Å². The molecule has 1 rings (SSSR count). The number of methoxy groups -OCH3 is 1. The summed E-state index contributed by atoms with van der Waals surface area (Å²) < 4.78 is 23.4. The number of alkyl halides is 1. The first-order chi connectivity index (χ1) is 6.56. The quantitative estimate of drug-likeness (QED) is 0.653. The van der Waals surface area contributed by atoms with Crippen LogP contribution >= 0.6 is 0 Å². The van der Waals surface area contributed by atoms with Crippen molar-refractivity contribution in [3.05, 3.63) is 12.2 Å². The lowest BCUT2D eigenvalue weighted by Crippen LogP contribution is -2.47. The fourth-order valence-electron chi connectivity index (χ4n) is 1.92. The third-order valence-corrected chi connectivity index (χ3v) is 3.52. The summed E-state index contributed by atoms with van der Waals surface area (Å²) in [7, 11) is 1.66. The number of hydrogen-bond acceptors (Lipinski definition) is 2. The molecule has 0 aromatic carbocycles. The van der Waals surface area contributed by atoms with Gasteiger partial charge in [-0.1, -0.05) is 20.4 Å². The summed E-state index contributed by atoms with van der Waals surface area (Å²) in [6, 6.07) is 0. The van der Waals surface area contributed by atoms with Crippen LogP contribution in [-0.4, -0.2) is 33.1 Å². The fraction of sp³-hybridized carbons (Fsp3) is 0.818. The van der Waals surface area contributed by atoms with Gasteiger partial charge in [0.2, 0.25) is 0 Å². The zero-order valence-electron chi connectivity index (χ0n) is 9.18. The van der Waals surface area contributed by atoms with E-state index in [1.165, 1.54) is 0 Å². The molecule has 14 heavy (non-hydrogen) atoms. The third-order valence-electron chi connectivity index (χ3n) is 3.52. The minimum Gasteiger partial charge on any atom is -0.379 e. The molecule has 3 heteroatoms. The molecule has 0 aromatic heterocycles. The van der Waals surface area contributed by atoms with Gasteiger partial charge in [0.1, 0.15) is 6.67 Å². The average Bonchev–Trinajstić information content (AvgIpc) is 2.21. The zero-order valence-corrected chi connectivity index (χ0v) is 9.18. The maximum Gasteiger partial charge on any atom is 0.111 e. The van der Waals surface area contributed by atoms with Gasteiger partial charge in [-0.05, 0) is 11.5 Å². The summed E-state index contributed by atoms with van der Waals surface area (Å²) in [4.78, 5) is 0. The van der Waals surface area contributed by atoms with Crippen molar-refractivity contribution in [1.29, 1.82) is 0 Å². The number of halogens is 1. The van der Waals surface area contributed by atoms with Gasteiger partial charge in [0, 0.05) is 12.5 Å². The Kier molecular flexibility index (Phi) is 3.67. The second-order valence-corrected chi connectivity index (χ2v) is 4.23. The largest absolute Gasteiger partial charge is 0.379 e. The molecule has 2 nitrogen and oxygen atoms in total. The first-order valence-electron chi connectivity index (χ1n) is 4.91. The van der Waals surface area contributed by atoms with Gasteiger partial charge in [0.25, 0.3) is 0 Å². The average molecular weight is 202 g/mol. The highest BCUT2D eigenvalue weighted by Gasteiger charge is 2.42. The molecule has 1 heterocycles. The van der Waals surface area contributed by atoms with Crippen molar-refractivity contribution in [2.75, 3.05) is 27.0 Å². The highest BCUT2D eigenvalue weighted by molar-refractivity contribution is 5.13. The Morgan fingerprint density at radius 1 is 1.71 bits per heavy atom. The summed E-state index contributed by atoms with van der Waals surface area (Å²) in [6.07, 6.45) is 0.0389. The van der Waals surface area contributed by atoms with Gasteiger partial charge < -0.3 is 9.47 Å². The van der Waals surface area contributed by atoms with Crippen LogP contribution in [0.15, 0.2) is 12.2 Å².